The fourth-order valence-corrected chi connectivity index (χ4v) is 3.79. The molecule has 5 atom stereocenters. The van der Waals surface area contributed by atoms with Crippen LogP contribution in [-0.4, -0.2) is 41.8 Å². The molecular formula is C24H32O5. The lowest BCUT2D eigenvalue weighted by Crippen LogP contribution is -2.34. The summed E-state index contributed by atoms with van der Waals surface area (Å²) in [5.74, 6) is -0.810. The molecule has 0 radical (unpaired) electrons. The highest BCUT2D eigenvalue weighted by atomic mass is 16.8. The van der Waals surface area contributed by atoms with Crippen molar-refractivity contribution in [3.05, 3.63) is 53.1 Å². The van der Waals surface area contributed by atoms with Crippen molar-refractivity contribution in [2.75, 3.05) is 6.61 Å². The van der Waals surface area contributed by atoms with Gasteiger partial charge >= 0.3 is 5.97 Å². The van der Waals surface area contributed by atoms with Crippen LogP contribution in [0.15, 0.2) is 36.4 Å². The van der Waals surface area contributed by atoms with Crippen molar-refractivity contribution in [1.82, 2.24) is 0 Å². The van der Waals surface area contributed by atoms with Gasteiger partial charge in [0.2, 0.25) is 0 Å². The Morgan fingerprint density at radius 3 is 2.66 bits per heavy atom. The van der Waals surface area contributed by atoms with Gasteiger partial charge in [-0.15, -0.1) is 0 Å². The Morgan fingerprint density at radius 2 is 1.90 bits per heavy atom. The Morgan fingerprint density at radius 1 is 1.14 bits per heavy atom. The molecule has 0 saturated carbocycles. The first-order valence-corrected chi connectivity index (χ1v) is 10.3. The van der Waals surface area contributed by atoms with Gasteiger partial charge in [-0.3, -0.25) is 0 Å². The smallest absolute Gasteiger partial charge is 0.339 e. The van der Waals surface area contributed by atoms with Crippen LogP contribution >= 0.6 is 0 Å². The minimum Gasteiger partial charge on any atom is -0.462 e. The average Bonchev–Trinajstić information content (AvgIpc) is 2.97. The van der Waals surface area contributed by atoms with E-state index in [1.807, 2.05) is 71.0 Å². The van der Waals surface area contributed by atoms with Crippen molar-refractivity contribution in [1.29, 1.82) is 0 Å². The first kappa shape index (κ1) is 21.8. The average molecular weight is 401 g/mol. The van der Waals surface area contributed by atoms with E-state index in [-0.39, 0.29) is 23.9 Å². The van der Waals surface area contributed by atoms with E-state index in [0.29, 0.717) is 18.6 Å². The van der Waals surface area contributed by atoms with Gasteiger partial charge in [0, 0.05) is 0 Å². The van der Waals surface area contributed by atoms with Gasteiger partial charge in [-0.25, -0.2) is 4.79 Å². The third-order valence-electron chi connectivity index (χ3n) is 5.72. The molecule has 5 heteroatoms. The van der Waals surface area contributed by atoms with E-state index in [9.17, 15) is 9.90 Å². The van der Waals surface area contributed by atoms with Crippen LogP contribution in [0, 0.1) is 18.8 Å². The maximum Gasteiger partial charge on any atom is 0.339 e. The molecule has 0 aromatic heterocycles. The van der Waals surface area contributed by atoms with Gasteiger partial charge in [0.05, 0.1) is 18.3 Å². The molecule has 1 fully saturated rings. The number of esters is 1. The van der Waals surface area contributed by atoms with Gasteiger partial charge in [0.25, 0.3) is 0 Å². The van der Waals surface area contributed by atoms with E-state index in [4.69, 9.17) is 14.2 Å². The number of ether oxygens (including phenoxy) is 3. The molecular weight excluding hydrogens is 368 g/mol. The van der Waals surface area contributed by atoms with Crippen LogP contribution in [0.5, 0.6) is 0 Å². The largest absolute Gasteiger partial charge is 0.462 e. The van der Waals surface area contributed by atoms with E-state index < -0.39 is 18.0 Å². The second kappa shape index (κ2) is 8.82. The minimum absolute atomic E-state index is 0.114. The first-order chi connectivity index (χ1) is 13.7. The Balaban J connectivity index is 1.95. The number of rotatable bonds is 0. The molecule has 1 unspecified atom stereocenters. The van der Waals surface area contributed by atoms with Crippen LogP contribution in [-0.2, 0) is 14.2 Å². The second-order valence-corrected chi connectivity index (χ2v) is 8.63. The molecule has 1 aromatic carbocycles. The van der Waals surface area contributed by atoms with E-state index >= 15 is 0 Å². The summed E-state index contributed by atoms with van der Waals surface area (Å²) < 4.78 is 17.6. The van der Waals surface area contributed by atoms with Crippen LogP contribution in [0.2, 0.25) is 0 Å². The summed E-state index contributed by atoms with van der Waals surface area (Å²) in [5, 5.41) is 10.7. The number of hydrogen-bond acceptors (Lipinski definition) is 5. The van der Waals surface area contributed by atoms with E-state index in [1.165, 1.54) is 0 Å². The van der Waals surface area contributed by atoms with Crippen LogP contribution in [0.4, 0.5) is 0 Å². The summed E-state index contributed by atoms with van der Waals surface area (Å²) in [7, 11) is 0. The molecule has 5 nitrogen and oxygen atoms in total. The Hall–Kier alpha value is -1.95. The quantitative estimate of drug-likeness (QED) is 0.520. The zero-order valence-corrected chi connectivity index (χ0v) is 17.9. The highest BCUT2D eigenvalue weighted by Crippen LogP contribution is 2.33. The number of aliphatic hydroxyl groups is 1. The normalized spacial score (nSPS) is 34.8. The Labute approximate surface area is 173 Å². The molecule has 29 heavy (non-hydrogen) atoms. The first-order valence-electron chi connectivity index (χ1n) is 10.3. The number of allylic oxidation sites excluding steroid dienone is 1. The summed E-state index contributed by atoms with van der Waals surface area (Å²) in [6.07, 6.45) is 6.68. The predicted octanol–water partition coefficient (Wildman–Crippen LogP) is 4.28. The number of fused-ring (bicyclic) bond motifs is 2. The fraction of sp³-hybridized carbons (Fsp3) is 0.542. The van der Waals surface area contributed by atoms with Crippen molar-refractivity contribution < 1.29 is 24.1 Å². The lowest BCUT2D eigenvalue weighted by molar-refractivity contribution is -0.152. The molecule has 0 bridgehead atoms. The van der Waals surface area contributed by atoms with Gasteiger partial charge in [0.15, 0.2) is 5.79 Å². The van der Waals surface area contributed by atoms with Gasteiger partial charge in [-0.2, -0.15) is 0 Å². The number of benzene rings is 1. The topological polar surface area (TPSA) is 65.0 Å². The van der Waals surface area contributed by atoms with Crippen LogP contribution < -0.4 is 0 Å². The van der Waals surface area contributed by atoms with Crippen molar-refractivity contribution in [3.8, 4) is 0 Å². The number of carbonyl (C=O) groups is 1. The molecule has 0 spiro atoms. The van der Waals surface area contributed by atoms with Gasteiger partial charge in [-0.1, -0.05) is 56.4 Å². The molecule has 2 aliphatic rings. The number of hydrogen-bond donors (Lipinski definition) is 1. The molecule has 0 amide bonds. The van der Waals surface area contributed by atoms with Crippen molar-refractivity contribution in [2.45, 2.75) is 65.1 Å². The van der Waals surface area contributed by atoms with E-state index in [0.717, 1.165) is 11.1 Å². The highest BCUT2D eigenvalue weighted by Gasteiger charge is 2.43. The van der Waals surface area contributed by atoms with Crippen molar-refractivity contribution >= 4 is 12.0 Å². The SMILES string of the molecule is Cc1cccc2c1C(=O)OC[C@@H](C)[C@H](C)/C=C\C(O)[C@H]1OC(C)(C)O[C@H]1C/C=C/2. The van der Waals surface area contributed by atoms with Crippen molar-refractivity contribution in [3.63, 3.8) is 0 Å². The molecule has 1 N–H and O–H groups in total. The molecule has 2 heterocycles. The molecule has 3 rings (SSSR count). The second-order valence-electron chi connectivity index (χ2n) is 8.63. The maximum atomic E-state index is 12.8. The zero-order chi connectivity index (χ0) is 21.2. The van der Waals surface area contributed by atoms with Crippen molar-refractivity contribution in [2.24, 2.45) is 11.8 Å². The summed E-state index contributed by atoms with van der Waals surface area (Å²) in [5.41, 5.74) is 2.30. The van der Waals surface area contributed by atoms with E-state index in [2.05, 4.69) is 0 Å². The Bertz CT molecular complexity index is 794. The lowest BCUT2D eigenvalue weighted by atomic mass is 9.95. The zero-order valence-electron chi connectivity index (χ0n) is 17.9. The fourth-order valence-electron chi connectivity index (χ4n) is 3.79. The monoisotopic (exact) mass is 400 g/mol. The number of carbonyl (C=O) groups excluding carboxylic acids is 1. The molecule has 0 aliphatic carbocycles. The summed E-state index contributed by atoms with van der Waals surface area (Å²) in [6, 6.07) is 5.76. The summed E-state index contributed by atoms with van der Waals surface area (Å²) >= 11 is 0. The predicted molar refractivity (Wildman–Crippen MR) is 112 cm³/mol. The van der Waals surface area contributed by atoms with Gasteiger partial charge < -0.3 is 19.3 Å². The molecule has 2 aliphatic heterocycles. The van der Waals surface area contributed by atoms with Crippen LogP contribution in [0.1, 0.15) is 55.6 Å². The van der Waals surface area contributed by atoms with E-state index in [1.54, 1.807) is 6.08 Å². The number of aliphatic hydroxyl groups excluding tert-OH is 1. The molecule has 158 valence electrons. The van der Waals surface area contributed by atoms with Gasteiger partial charge in [-0.05, 0) is 50.2 Å². The Kier molecular flexibility index (Phi) is 6.62. The lowest BCUT2D eigenvalue weighted by Gasteiger charge is -2.21. The maximum absolute atomic E-state index is 12.8. The number of aryl methyl sites for hydroxylation is 1. The number of cyclic esters (lactones) is 1. The minimum atomic E-state index is -0.771. The van der Waals surface area contributed by atoms with Gasteiger partial charge in [0.1, 0.15) is 12.2 Å². The van der Waals surface area contributed by atoms with Crippen LogP contribution in [0.25, 0.3) is 6.08 Å². The molecule has 1 aromatic rings. The highest BCUT2D eigenvalue weighted by molar-refractivity contribution is 5.95. The summed E-state index contributed by atoms with van der Waals surface area (Å²) in [6.45, 7) is 10.0. The summed E-state index contributed by atoms with van der Waals surface area (Å²) in [4.78, 5) is 12.8. The third kappa shape index (κ3) is 5.16. The standard InChI is InChI=1S/C24H32O5/c1-15-12-13-19(25)22-20(28-24(4,5)29-22)11-7-10-18-9-6-8-16(2)21(18)23(26)27-14-17(15)3/h6-10,12-13,15,17,19-20,22,25H,11,14H2,1-5H3/b10-7+,13-12-/t15-,17-,19?,20+,22-/m1/s1. The third-order valence-corrected chi connectivity index (χ3v) is 5.72. The van der Waals surface area contributed by atoms with Crippen LogP contribution in [0.3, 0.4) is 0 Å². The molecule has 1 saturated heterocycles.